The van der Waals surface area contributed by atoms with Gasteiger partial charge in [-0.05, 0) is 32.4 Å². The summed E-state index contributed by atoms with van der Waals surface area (Å²) in [7, 11) is 1.54. The van der Waals surface area contributed by atoms with Crippen LogP contribution in [0.3, 0.4) is 0 Å². The summed E-state index contributed by atoms with van der Waals surface area (Å²) in [6, 6.07) is 14.2. The molecule has 0 aliphatic rings. The lowest BCUT2D eigenvalue weighted by Gasteiger charge is -2.20. The number of hydrogen-bond acceptors (Lipinski definition) is 4. The first-order valence-corrected chi connectivity index (χ1v) is 8.03. The molecule has 1 amide bonds. The quantitative estimate of drug-likeness (QED) is 0.815. The van der Waals surface area contributed by atoms with Gasteiger partial charge in [0.1, 0.15) is 11.4 Å². The van der Waals surface area contributed by atoms with Crippen LogP contribution in [0, 0.1) is 0 Å². The van der Waals surface area contributed by atoms with Gasteiger partial charge in [0.05, 0.1) is 12.8 Å². The van der Waals surface area contributed by atoms with E-state index in [2.05, 4.69) is 5.32 Å². The van der Waals surface area contributed by atoms with Crippen molar-refractivity contribution in [3.05, 3.63) is 59.7 Å². The van der Waals surface area contributed by atoms with Crippen molar-refractivity contribution in [3.63, 3.8) is 0 Å². The van der Waals surface area contributed by atoms with E-state index in [-0.39, 0.29) is 12.2 Å². The number of ketones is 1. The third kappa shape index (κ3) is 5.64. The van der Waals surface area contributed by atoms with E-state index in [1.54, 1.807) is 58.2 Å². The summed E-state index contributed by atoms with van der Waals surface area (Å²) in [6.45, 7) is 5.37. The molecule has 2 rings (SSSR count). The molecule has 1 N–H and O–H groups in total. The van der Waals surface area contributed by atoms with Crippen molar-refractivity contribution in [2.45, 2.75) is 32.8 Å². The molecule has 25 heavy (non-hydrogen) atoms. The number of carbonyl (C=O) groups is 2. The van der Waals surface area contributed by atoms with Crippen LogP contribution in [0.4, 0.5) is 10.5 Å². The number of nitrogens with one attached hydrogen (secondary N) is 1. The maximum Gasteiger partial charge on any atom is 0.412 e. The molecule has 2 aromatic rings. The van der Waals surface area contributed by atoms with E-state index in [0.29, 0.717) is 22.6 Å². The molecule has 0 atom stereocenters. The largest absolute Gasteiger partial charge is 0.497 e. The van der Waals surface area contributed by atoms with Gasteiger partial charge in [0.15, 0.2) is 5.78 Å². The molecule has 0 fully saturated rings. The minimum Gasteiger partial charge on any atom is -0.497 e. The third-order valence-corrected chi connectivity index (χ3v) is 3.40. The number of anilines is 1. The fraction of sp³-hybridized carbons (Fsp3) is 0.300. The van der Waals surface area contributed by atoms with Crippen LogP contribution in [0.15, 0.2) is 48.5 Å². The Morgan fingerprint density at radius 1 is 1.04 bits per heavy atom. The molecule has 0 radical (unpaired) electrons. The normalized spacial score (nSPS) is 10.9. The maximum atomic E-state index is 12.5. The van der Waals surface area contributed by atoms with Crippen molar-refractivity contribution in [1.29, 1.82) is 0 Å². The number of carbonyl (C=O) groups excluding carboxylic acids is 2. The van der Waals surface area contributed by atoms with E-state index in [4.69, 9.17) is 9.47 Å². The lowest BCUT2D eigenvalue weighted by atomic mass is 10.0. The lowest BCUT2D eigenvalue weighted by Crippen LogP contribution is -2.27. The first-order chi connectivity index (χ1) is 11.8. The van der Waals surface area contributed by atoms with Crippen molar-refractivity contribution < 1.29 is 19.1 Å². The Kier molecular flexibility index (Phi) is 5.80. The average Bonchev–Trinajstić information content (AvgIpc) is 2.55. The molecule has 2 aromatic carbocycles. The molecule has 0 unspecified atom stereocenters. The van der Waals surface area contributed by atoms with Crippen LogP contribution in [-0.4, -0.2) is 24.6 Å². The van der Waals surface area contributed by atoms with E-state index in [1.165, 1.54) is 0 Å². The molecule has 0 heterocycles. The topological polar surface area (TPSA) is 64.6 Å². The molecule has 0 aliphatic carbocycles. The van der Waals surface area contributed by atoms with Crippen LogP contribution in [0.2, 0.25) is 0 Å². The average molecular weight is 341 g/mol. The molecule has 0 bridgehead atoms. The number of methoxy groups -OCH3 is 1. The summed E-state index contributed by atoms with van der Waals surface area (Å²) in [5.74, 6) is 0.556. The Hall–Kier alpha value is -2.82. The highest BCUT2D eigenvalue weighted by Gasteiger charge is 2.18. The fourth-order valence-electron chi connectivity index (χ4n) is 2.27. The summed E-state index contributed by atoms with van der Waals surface area (Å²) in [4.78, 5) is 24.5. The molecule has 0 aromatic heterocycles. The molecule has 0 spiro atoms. The molecular weight excluding hydrogens is 318 g/mol. The van der Waals surface area contributed by atoms with Gasteiger partial charge in [0, 0.05) is 18.1 Å². The Labute approximate surface area is 148 Å². The van der Waals surface area contributed by atoms with Gasteiger partial charge in [-0.15, -0.1) is 0 Å². The number of benzene rings is 2. The second-order valence-electron chi connectivity index (χ2n) is 6.62. The SMILES string of the molecule is COc1ccc(CC(=O)c2ccccc2)c(NC(=O)OC(C)(C)C)c1. The zero-order chi connectivity index (χ0) is 18.4. The Morgan fingerprint density at radius 3 is 2.32 bits per heavy atom. The molecule has 0 saturated heterocycles. The van der Waals surface area contributed by atoms with Crippen LogP contribution in [0.1, 0.15) is 36.7 Å². The Morgan fingerprint density at radius 2 is 1.72 bits per heavy atom. The van der Waals surface area contributed by atoms with E-state index in [0.717, 1.165) is 0 Å². The zero-order valence-electron chi connectivity index (χ0n) is 15.0. The Balaban J connectivity index is 2.22. The smallest absolute Gasteiger partial charge is 0.412 e. The molecule has 132 valence electrons. The van der Waals surface area contributed by atoms with E-state index >= 15 is 0 Å². The fourth-order valence-corrected chi connectivity index (χ4v) is 2.27. The highest BCUT2D eigenvalue weighted by molar-refractivity contribution is 5.99. The molecule has 5 heteroatoms. The first-order valence-electron chi connectivity index (χ1n) is 8.03. The lowest BCUT2D eigenvalue weighted by molar-refractivity contribution is 0.0635. The van der Waals surface area contributed by atoms with Crippen LogP contribution >= 0.6 is 0 Å². The summed E-state index contributed by atoms with van der Waals surface area (Å²) in [5.41, 5.74) is 1.21. The van der Waals surface area contributed by atoms with Crippen LogP contribution in [-0.2, 0) is 11.2 Å². The van der Waals surface area contributed by atoms with Gasteiger partial charge in [0.2, 0.25) is 0 Å². The zero-order valence-corrected chi connectivity index (χ0v) is 15.0. The monoisotopic (exact) mass is 341 g/mol. The van der Waals surface area contributed by atoms with Crippen LogP contribution in [0.25, 0.3) is 0 Å². The molecule has 0 saturated carbocycles. The van der Waals surface area contributed by atoms with Gasteiger partial charge in [-0.3, -0.25) is 10.1 Å². The van der Waals surface area contributed by atoms with E-state index in [9.17, 15) is 9.59 Å². The van der Waals surface area contributed by atoms with E-state index < -0.39 is 11.7 Å². The summed E-state index contributed by atoms with van der Waals surface area (Å²) in [6.07, 6.45) is -0.409. The molecule has 5 nitrogen and oxygen atoms in total. The minimum atomic E-state index is -0.608. The van der Waals surface area contributed by atoms with Crippen molar-refractivity contribution in [3.8, 4) is 5.75 Å². The predicted molar refractivity (Wildman–Crippen MR) is 97.3 cm³/mol. The van der Waals surface area contributed by atoms with Crippen molar-refractivity contribution in [1.82, 2.24) is 0 Å². The number of Topliss-reactive ketones (excluding diaryl/α,β-unsaturated/α-hetero) is 1. The van der Waals surface area contributed by atoms with Crippen molar-refractivity contribution >= 4 is 17.6 Å². The van der Waals surface area contributed by atoms with Gasteiger partial charge in [0.25, 0.3) is 0 Å². The Bertz CT molecular complexity index is 748. The highest BCUT2D eigenvalue weighted by Crippen LogP contribution is 2.25. The number of ether oxygens (including phenoxy) is 2. The minimum absolute atomic E-state index is 0.0296. The first kappa shape index (κ1) is 18.5. The van der Waals surface area contributed by atoms with Gasteiger partial charge in [-0.2, -0.15) is 0 Å². The van der Waals surface area contributed by atoms with Gasteiger partial charge in [-0.25, -0.2) is 4.79 Å². The van der Waals surface area contributed by atoms with Crippen molar-refractivity contribution in [2.24, 2.45) is 0 Å². The molecule has 0 aliphatic heterocycles. The van der Waals surface area contributed by atoms with Gasteiger partial charge in [-0.1, -0.05) is 36.4 Å². The van der Waals surface area contributed by atoms with Gasteiger partial charge < -0.3 is 9.47 Å². The second kappa shape index (κ2) is 7.83. The molecular formula is C20H23NO4. The summed E-state index contributed by atoms with van der Waals surface area (Å²) in [5, 5.41) is 2.71. The van der Waals surface area contributed by atoms with E-state index in [1.807, 2.05) is 18.2 Å². The summed E-state index contributed by atoms with van der Waals surface area (Å²) >= 11 is 0. The third-order valence-electron chi connectivity index (χ3n) is 3.40. The second-order valence-corrected chi connectivity index (χ2v) is 6.62. The van der Waals surface area contributed by atoms with Crippen molar-refractivity contribution in [2.75, 3.05) is 12.4 Å². The number of hydrogen-bond donors (Lipinski definition) is 1. The standard InChI is InChI=1S/C20H23NO4/c1-20(2,3)25-19(23)21-17-13-16(24-4)11-10-15(17)12-18(22)14-8-6-5-7-9-14/h5-11,13H,12H2,1-4H3,(H,21,23). The van der Waals surface area contributed by atoms with Crippen LogP contribution in [0.5, 0.6) is 5.75 Å². The number of amides is 1. The highest BCUT2D eigenvalue weighted by atomic mass is 16.6. The van der Waals surface area contributed by atoms with Crippen LogP contribution < -0.4 is 10.1 Å². The summed E-state index contributed by atoms with van der Waals surface area (Å²) < 4.78 is 10.5. The number of rotatable bonds is 5. The maximum absolute atomic E-state index is 12.5. The predicted octanol–water partition coefficient (Wildman–Crippen LogP) is 4.47. The van der Waals surface area contributed by atoms with Gasteiger partial charge >= 0.3 is 6.09 Å².